The van der Waals surface area contributed by atoms with Crippen LogP contribution >= 0.6 is 0 Å². The summed E-state index contributed by atoms with van der Waals surface area (Å²) in [5, 5.41) is 3.24. The average Bonchev–Trinajstić information content (AvgIpc) is 2.47. The summed E-state index contributed by atoms with van der Waals surface area (Å²) >= 11 is 0. The molecule has 0 saturated heterocycles. The van der Waals surface area contributed by atoms with Gasteiger partial charge in [-0.2, -0.15) is 0 Å². The second-order valence-electron chi connectivity index (χ2n) is 4.68. The summed E-state index contributed by atoms with van der Waals surface area (Å²) in [7, 11) is -3.59. The van der Waals surface area contributed by atoms with Crippen molar-refractivity contribution in [2.45, 2.75) is 17.9 Å². The zero-order valence-electron chi connectivity index (χ0n) is 10.8. The van der Waals surface area contributed by atoms with E-state index in [2.05, 4.69) is 15.0 Å². The van der Waals surface area contributed by atoms with Crippen molar-refractivity contribution in [3.05, 3.63) is 53.7 Å². The molecule has 0 aliphatic carbocycles. The van der Waals surface area contributed by atoms with E-state index in [9.17, 15) is 8.42 Å². The van der Waals surface area contributed by atoms with E-state index >= 15 is 0 Å². The average molecular weight is 289 g/mol. The topological polar surface area (TPSA) is 71.1 Å². The summed E-state index contributed by atoms with van der Waals surface area (Å²) in [5.74, 6) is 0.323. The van der Waals surface area contributed by atoms with Crippen molar-refractivity contribution in [1.29, 1.82) is 0 Å². The minimum atomic E-state index is -3.59. The summed E-state index contributed by atoms with van der Waals surface area (Å²) in [6.45, 7) is 1.65. The first-order valence-corrected chi connectivity index (χ1v) is 7.90. The van der Waals surface area contributed by atoms with Crippen molar-refractivity contribution >= 4 is 15.8 Å². The Labute approximate surface area is 118 Å². The van der Waals surface area contributed by atoms with Crippen LogP contribution in [0.15, 0.2) is 47.5 Å². The maximum absolute atomic E-state index is 12.3. The zero-order chi connectivity index (χ0) is 14.0. The summed E-state index contributed by atoms with van der Waals surface area (Å²) in [5.41, 5.74) is 2.25. The molecule has 0 atom stereocenters. The molecule has 0 radical (unpaired) electrons. The van der Waals surface area contributed by atoms with E-state index in [-0.39, 0.29) is 4.90 Å². The Morgan fingerprint density at radius 1 is 1.15 bits per heavy atom. The number of rotatable bonds is 3. The first-order chi connectivity index (χ1) is 9.65. The third kappa shape index (κ3) is 2.66. The first kappa shape index (κ1) is 13.1. The Morgan fingerprint density at radius 2 is 2.05 bits per heavy atom. The second-order valence-corrected chi connectivity index (χ2v) is 6.36. The summed E-state index contributed by atoms with van der Waals surface area (Å²) in [6, 6.07) is 10.4. The van der Waals surface area contributed by atoms with Gasteiger partial charge in [0.05, 0.1) is 4.90 Å². The lowest BCUT2D eigenvalue weighted by molar-refractivity contribution is 0.599. The smallest absolute Gasteiger partial charge is 0.263 e. The Bertz CT molecular complexity index is 714. The lowest BCUT2D eigenvalue weighted by Gasteiger charge is -2.18. The van der Waals surface area contributed by atoms with Gasteiger partial charge in [0.25, 0.3) is 10.0 Å². The molecule has 104 valence electrons. The number of nitrogens with one attached hydrogen (secondary N) is 2. The summed E-state index contributed by atoms with van der Waals surface area (Å²) in [4.78, 5) is 4.24. The first-order valence-electron chi connectivity index (χ1n) is 6.41. The number of anilines is 1. The number of fused-ring (bicyclic) bond motifs is 1. The number of nitrogens with zero attached hydrogens (tertiary/aromatic N) is 1. The molecular weight excluding hydrogens is 274 g/mol. The van der Waals surface area contributed by atoms with Crippen LogP contribution in [-0.2, 0) is 23.0 Å². The van der Waals surface area contributed by atoms with E-state index in [4.69, 9.17) is 0 Å². The molecule has 0 saturated carbocycles. The standard InChI is InChI=1S/C14H15N3O2S/c18-20(19,17-14-3-1-2-7-16-14)13-5-4-11-6-8-15-10-12(11)9-13/h1-5,7,9,15H,6,8,10H2,(H,16,17). The third-order valence-electron chi connectivity index (χ3n) is 3.28. The molecule has 6 heteroatoms. The van der Waals surface area contributed by atoms with E-state index in [0.29, 0.717) is 12.4 Å². The van der Waals surface area contributed by atoms with Crippen molar-refractivity contribution in [2.24, 2.45) is 0 Å². The molecule has 1 aromatic carbocycles. The largest absolute Gasteiger partial charge is 0.312 e. The van der Waals surface area contributed by atoms with Crippen molar-refractivity contribution in [2.75, 3.05) is 11.3 Å². The summed E-state index contributed by atoms with van der Waals surface area (Å²) in [6.07, 6.45) is 2.48. The van der Waals surface area contributed by atoms with Crippen LogP contribution in [0, 0.1) is 0 Å². The highest BCUT2D eigenvalue weighted by atomic mass is 32.2. The van der Waals surface area contributed by atoms with Crippen LogP contribution in [0.3, 0.4) is 0 Å². The lowest BCUT2D eigenvalue weighted by atomic mass is 10.0. The van der Waals surface area contributed by atoms with Crippen LogP contribution in [-0.4, -0.2) is 19.9 Å². The van der Waals surface area contributed by atoms with E-state index in [1.165, 1.54) is 5.56 Å². The molecular formula is C14H15N3O2S. The van der Waals surface area contributed by atoms with Gasteiger partial charge in [0.15, 0.2) is 0 Å². The fourth-order valence-electron chi connectivity index (χ4n) is 2.24. The number of hydrogen-bond acceptors (Lipinski definition) is 4. The van der Waals surface area contributed by atoms with E-state index in [1.807, 2.05) is 6.07 Å². The lowest BCUT2D eigenvalue weighted by Crippen LogP contribution is -2.24. The van der Waals surface area contributed by atoms with Gasteiger partial charge in [0.2, 0.25) is 0 Å². The van der Waals surface area contributed by atoms with Gasteiger partial charge in [-0.3, -0.25) is 4.72 Å². The molecule has 2 heterocycles. The number of benzene rings is 1. The molecule has 2 N–H and O–H groups in total. The van der Waals surface area contributed by atoms with Crippen LogP contribution in [0.25, 0.3) is 0 Å². The van der Waals surface area contributed by atoms with Gasteiger partial charge in [-0.25, -0.2) is 13.4 Å². The highest BCUT2D eigenvalue weighted by Crippen LogP contribution is 2.20. The number of pyridine rings is 1. The molecule has 1 aromatic heterocycles. The predicted molar refractivity (Wildman–Crippen MR) is 76.9 cm³/mol. The highest BCUT2D eigenvalue weighted by molar-refractivity contribution is 7.92. The molecule has 3 rings (SSSR count). The molecule has 5 nitrogen and oxygen atoms in total. The zero-order valence-corrected chi connectivity index (χ0v) is 11.7. The molecule has 0 amide bonds. The van der Waals surface area contributed by atoms with Gasteiger partial charge in [0.1, 0.15) is 5.82 Å². The molecule has 0 unspecified atom stereocenters. The van der Waals surface area contributed by atoms with E-state index < -0.39 is 10.0 Å². The second kappa shape index (κ2) is 5.22. The van der Waals surface area contributed by atoms with Gasteiger partial charge in [-0.05, 0) is 48.4 Å². The van der Waals surface area contributed by atoms with Crippen LogP contribution in [0.4, 0.5) is 5.82 Å². The van der Waals surface area contributed by atoms with Gasteiger partial charge >= 0.3 is 0 Å². The third-order valence-corrected chi connectivity index (χ3v) is 4.63. The molecule has 1 aliphatic rings. The highest BCUT2D eigenvalue weighted by Gasteiger charge is 2.17. The SMILES string of the molecule is O=S(=O)(Nc1ccccn1)c1ccc2c(c1)CNCC2. The Hall–Kier alpha value is -1.92. The van der Waals surface area contributed by atoms with Crippen molar-refractivity contribution in [3.8, 4) is 0 Å². The Kier molecular flexibility index (Phi) is 3.42. The van der Waals surface area contributed by atoms with E-state index in [1.54, 1.807) is 36.5 Å². The van der Waals surface area contributed by atoms with Crippen LogP contribution in [0.1, 0.15) is 11.1 Å². The maximum Gasteiger partial charge on any atom is 0.263 e. The van der Waals surface area contributed by atoms with Crippen LogP contribution in [0.5, 0.6) is 0 Å². The normalized spacial score (nSPS) is 14.6. The number of hydrogen-bond donors (Lipinski definition) is 2. The fraction of sp³-hybridized carbons (Fsp3) is 0.214. The molecule has 20 heavy (non-hydrogen) atoms. The van der Waals surface area contributed by atoms with Gasteiger partial charge < -0.3 is 5.32 Å². The minimum Gasteiger partial charge on any atom is -0.312 e. The molecule has 2 aromatic rings. The molecule has 0 bridgehead atoms. The Balaban J connectivity index is 1.91. The van der Waals surface area contributed by atoms with Crippen molar-refractivity contribution in [3.63, 3.8) is 0 Å². The van der Waals surface area contributed by atoms with Crippen molar-refractivity contribution in [1.82, 2.24) is 10.3 Å². The quantitative estimate of drug-likeness (QED) is 0.899. The van der Waals surface area contributed by atoms with Gasteiger partial charge in [-0.15, -0.1) is 0 Å². The minimum absolute atomic E-state index is 0.269. The fourth-order valence-corrected chi connectivity index (χ4v) is 3.30. The molecule has 0 fully saturated rings. The Morgan fingerprint density at radius 3 is 2.85 bits per heavy atom. The van der Waals surface area contributed by atoms with Gasteiger partial charge in [-0.1, -0.05) is 12.1 Å². The predicted octanol–water partition coefficient (Wildman–Crippen LogP) is 1.53. The van der Waals surface area contributed by atoms with Crippen molar-refractivity contribution < 1.29 is 8.42 Å². The summed E-state index contributed by atoms with van der Waals surface area (Å²) < 4.78 is 27.1. The molecule has 1 aliphatic heterocycles. The molecule has 0 spiro atoms. The number of sulfonamides is 1. The van der Waals surface area contributed by atoms with E-state index in [0.717, 1.165) is 18.5 Å². The monoisotopic (exact) mass is 289 g/mol. The van der Waals surface area contributed by atoms with Crippen LogP contribution < -0.4 is 10.0 Å². The number of aromatic nitrogens is 1. The van der Waals surface area contributed by atoms with Crippen LogP contribution in [0.2, 0.25) is 0 Å². The van der Waals surface area contributed by atoms with Gasteiger partial charge in [0, 0.05) is 12.7 Å². The maximum atomic E-state index is 12.3.